The van der Waals surface area contributed by atoms with Gasteiger partial charge in [-0.15, -0.1) is 0 Å². The van der Waals surface area contributed by atoms with Crippen molar-refractivity contribution in [3.05, 3.63) is 29.3 Å². The third-order valence-electron chi connectivity index (χ3n) is 3.86. The van der Waals surface area contributed by atoms with E-state index >= 15 is 0 Å². The van der Waals surface area contributed by atoms with Gasteiger partial charge in [0.15, 0.2) is 0 Å². The first-order valence-corrected chi connectivity index (χ1v) is 6.94. The number of carbonyl (C=O) groups is 1. The standard InChI is InChI=1S/C15H23N3O/c1-11-5-4-8-18(10-11)15(19)17-9-13-6-3-7-14(16)12(13)2/h3,6-7,11H,4-5,8-10,16H2,1-2H3,(H,17,19). The lowest BCUT2D eigenvalue weighted by Crippen LogP contribution is -2.44. The van der Waals surface area contributed by atoms with Crippen molar-refractivity contribution in [1.29, 1.82) is 0 Å². The quantitative estimate of drug-likeness (QED) is 0.804. The van der Waals surface area contributed by atoms with Crippen LogP contribution in [0.3, 0.4) is 0 Å². The largest absolute Gasteiger partial charge is 0.399 e. The first kappa shape index (κ1) is 13.7. The second-order valence-electron chi connectivity index (χ2n) is 5.48. The van der Waals surface area contributed by atoms with E-state index in [-0.39, 0.29) is 6.03 Å². The molecule has 19 heavy (non-hydrogen) atoms. The minimum Gasteiger partial charge on any atom is -0.399 e. The van der Waals surface area contributed by atoms with Crippen LogP contribution in [-0.4, -0.2) is 24.0 Å². The van der Waals surface area contributed by atoms with Crippen LogP contribution in [0, 0.1) is 12.8 Å². The summed E-state index contributed by atoms with van der Waals surface area (Å²) in [5, 5.41) is 2.99. The van der Waals surface area contributed by atoms with Crippen LogP contribution in [0.2, 0.25) is 0 Å². The first-order chi connectivity index (χ1) is 9.08. The molecule has 0 radical (unpaired) electrons. The monoisotopic (exact) mass is 261 g/mol. The lowest BCUT2D eigenvalue weighted by Gasteiger charge is -2.31. The normalized spacial score (nSPS) is 19.3. The van der Waals surface area contributed by atoms with Crippen molar-refractivity contribution in [2.75, 3.05) is 18.8 Å². The van der Waals surface area contributed by atoms with Gasteiger partial charge in [0.25, 0.3) is 0 Å². The van der Waals surface area contributed by atoms with Crippen LogP contribution in [0.4, 0.5) is 10.5 Å². The molecule has 1 fully saturated rings. The van der Waals surface area contributed by atoms with Gasteiger partial charge in [-0.05, 0) is 42.9 Å². The Morgan fingerprint density at radius 1 is 1.53 bits per heavy atom. The van der Waals surface area contributed by atoms with Gasteiger partial charge in [-0.1, -0.05) is 19.1 Å². The summed E-state index contributed by atoms with van der Waals surface area (Å²) in [6, 6.07) is 5.85. The number of nitrogens with two attached hydrogens (primary N) is 1. The number of hydrogen-bond donors (Lipinski definition) is 2. The summed E-state index contributed by atoms with van der Waals surface area (Å²) in [7, 11) is 0. The molecule has 1 saturated heterocycles. The van der Waals surface area contributed by atoms with Crippen LogP contribution in [0.15, 0.2) is 18.2 Å². The maximum Gasteiger partial charge on any atom is 0.317 e. The maximum absolute atomic E-state index is 12.1. The van der Waals surface area contributed by atoms with E-state index in [2.05, 4.69) is 12.2 Å². The molecule has 2 amide bonds. The van der Waals surface area contributed by atoms with E-state index < -0.39 is 0 Å². The molecule has 0 aromatic heterocycles. The first-order valence-electron chi connectivity index (χ1n) is 6.94. The smallest absolute Gasteiger partial charge is 0.317 e. The van der Waals surface area contributed by atoms with E-state index in [9.17, 15) is 4.79 Å². The van der Waals surface area contributed by atoms with Crippen LogP contribution in [0.5, 0.6) is 0 Å². The third-order valence-corrected chi connectivity index (χ3v) is 3.86. The highest BCUT2D eigenvalue weighted by molar-refractivity contribution is 5.74. The molecule has 0 saturated carbocycles. The van der Waals surface area contributed by atoms with E-state index in [4.69, 9.17) is 5.73 Å². The molecule has 0 aliphatic carbocycles. The summed E-state index contributed by atoms with van der Waals surface area (Å²) in [6.07, 6.45) is 2.32. The van der Waals surface area contributed by atoms with Gasteiger partial charge in [-0.2, -0.15) is 0 Å². The van der Waals surface area contributed by atoms with Gasteiger partial charge < -0.3 is 16.0 Å². The van der Waals surface area contributed by atoms with Crippen molar-refractivity contribution in [2.24, 2.45) is 5.92 Å². The number of amides is 2. The van der Waals surface area contributed by atoms with Crippen LogP contribution in [0.1, 0.15) is 30.9 Å². The highest BCUT2D eigenvalue weighted by Gasteiger charge is 2.20. The highest BCUT2D eigenvalue weighted by atomic mass is 16.2. The molecule has 1 aromatic carbocycles. The second-order valence-corrected chi connectivity index (χ2v) is 5.48. The Morgan fingerprint density at radius 2 is 2.32 bits per heavy atom. The SMILES string of the molecule is Cc1c(N)cccc1CNC(=O)N1CCCC(C)C1. The minimum absolute atomic E-state index is 0.0355. The number of carbonyl (C=O) groups excluding carboxylic acids is 1. The molecule has 3 N–H and O–H groups in total. The summed E-state index contributed by atoms with van der Waals surface area (Å²) in [5.41, 5.74) is 8.77. The van der Waals surface area contributed by atoms with Crippen molar-refractivity contribution in [3.63, 3.8) is 0 Å². The molecule has 2 rings (SSSR count). The Hall–Kier alpha value is -1.71. The zero-order valence-electron chi connectivity index (χ0n) is 11.8. The van der Waals surface area contributed by atoms with Crippen LogP contribution in [-0.2, 0) is 6.54 Å². The Morgan fingerprint density at radius 3 is 3.05 bits per heavy atom. The van der Waals surface area contributed by atoms with Gasteiger partial charge in [-0.25, -0.2) is 4.79 Å². The molecule has 1 aromatic rings. The Balaban J connectivity index is 1.91. The zero-order valence-corrected chi connectivity index (χ0v) is 11.8. The molecule has 1 aliphatic rings. The molecule has 104 valence electrons. The number of nitrogen functional groups attached to an aromatic ring is 1. The second kappa shape index (κ2) is 5.95. The summed E-state index contributed by atoms with van der Waals surface area (Å²) in [5.74, 6) is 0.605. The summed E-state index contributed by atoms with van der Waals surface area (Å²) in [6.45, 7) is 6.45. The molecule has 1 heterocycles. The van der Waals surface area contributed by atoms with E-state index in [1.807, 2.05) is 30.0 Å². The average Bonchev–Trinajstić information content (AvgIpc) is 2.40. The van der Waals surface area contributed by atoms with Gasteiger partial charge in [0, 0.05) is 25.3 Å². The molecule has 1 atom stereocenters. The number of nitrogens with zero attached hydrogens (tertiary/aromatic N) is 1. The van der Waals surface area contributed by atoms with E-state index in [0.29, 0.717) is 12.5 Å². The fraction of sp³-hybridized carbons (Fsp3) is 0.533. The third kappa shape index (κ3) is 3.40. The fourth-order valence-corrected chi connectivity index (χ4v) is 2.55. The van der Waals surface area contributed by atoms with Gasteiger partial charge >= 0.3 is 6.03 Å². The Labute approximate surface area is 115 Å². The van der Waals surface area contributed by atoms with Crippen LogP contribution >= 0.6 is 0 Å². The molecular formula is C15H23N3O. The topological polar surface area (TPSA) is 58.4 Å². The Bertz CT molecular complexity index is 459. The molecular weight excluding hydrogens is 238 g/mol. The van der Waals surface area contributed by atoms with Crippen LogP contribution in [0.25, 0.3) is 0 Å². The highest BCUT2D eigenvalue weighted by Crippen LogP contribution is 2.17. The predicted molar refractivity (Wildman–Crippen MR) is 77.8 cm³/mol. The van der Waals surface area contributed by atoms with Crippen molar-refractivity contribution in [3.8, 4) is 0 Å². The predicted octanol–water partition coefficient (Wildman–Crippen LogP) is 2.52. The number of rotatable bonds is 2. The number of urea groups is 1. The lowest BCUT2D eigenvalue weighted by molar-refractivity contribution is 0.169. The Kier molecular flexibility index (Phi) is 4.30. The number of likely N-dealkylation sites (tertiary alicyclic amines) is 1. The number of piperidine rings is 1. The molecule has 1 aliphatic heterocycles. The van der Waals surface area contributed by atoms with Crippen molar-refractivity contribution in [2.45, 2.75) is 33.2 Å². The minimum atomic E-state index is 0.0355. The van der Waals surface area contributed by atoms with E-state index in [0.717, 1.165) is 36.3 Å². The molecule has 0 spiro atoms. The van der Waals surface area contributed by atoms with Gasteiger partial charge in [0.1, 0.15) is 0 Å². The van der Waals surface area contributed by atoms with Gasteiger partial charge in [0.05, 0.1) is 0 Å². The van der Waals surface area contributed by atoms with Crippen molar-refractivity contribution < 1.29 is 4.79 Å². The average molecular weight is 261 g/mol. The summed E-state index contributed by atoms with van der Waals surface area (Å²) in [4.78, 5) is 14.0. The molecule has 0 bridgehead atoms. The lowest BCUT2D eigenvalue weighted by atomic mass is 10.0. The number of anilines is 1. The zero-order chi connectivity index (χ0) is 13.8. The molecule has 4 nitrogen and oxygen atoms in total. The fourth-order valence-electron chi connectivity index (χ4n) is 2.55. The summed E-state index contributed by atoms with van der Waals surface area (Å²) < 4.78 is 0. The van der Waals surface area contributed by atoms with Crippen molar-refractivity contribution in [1.82, 2.24) is 10.2 Å². The number of hydrogen-bond acceptors (Lipinski definition) is 2. The van der Waals surface area contributed by atoms with Gasteiger partial charge in [0.2, 0.25) is 0 Å². The van der Waals surface area contributed by atoms with Crippen LogP contribution < -0.4 is 11.1 Å². The van der Waals surface area contributed by atoms with E-state index in [1.165, 1.54) is 6.42 Å². The van der Waals surface area contributed by atoms with Gasteiger partial charge in [-0.3, -0.25) is 0 Å². The maximum atomic E-state index is 12.1. The number of benzene rings is 1. The molecule has 4 heteroatoms. The number of nitrogens with one attached hydrogen (secondary N) is 1. The van der Waals surface area contributed by atoms with E-state index in [1.54, 1.807) is 0 Å². The molecule has 1 unspecified atom stereocenters. The van der Waals surface area contributed by atoms with Crippen molar-refractivity contribution >= 4 is 11.7 Å². The summed E-state index contributed by atoms with van der Waals surface area (Å²) >= 11 is 0.